The van der Waals surface area contributed by atoms with Gasteiger partial charge in [-0.2, -0.15) is 5.10 Å². The minimum Gasteiger partial charge on any atom is -0.485 e. The van der Waals surface area contributed by atoms with Crippen molar-refractivity contribution in [3.8, 4) is 22.9 Å². The first kappa shape index (κ1) is 17.7. The van der Waals surface area contributed by atoms with Gasteiger partial charge < -0.3 is 14.8 Å². The first-order valence-electron chi connectivity index (χ1n) is 9.93. The van der Waals surface area contributed by atoms with Crippen LogP contribution >= 0.6 is 0 Å². The Labute approximate surface area is 168 Å². The molecule has 1 atom stereocenters. The van der Waals surface area contributed by atoms with E-state index in [0.29, 0.717) is 30.5 Å². The molecule has 1 amide bonds. The van der Waals surface area contributed by atoms with Gasteiger partial charge in [0, 0.05) is 24.4 Å². The molecule has 3 heterocycles. The molecule has 5 rings (SSSR count). The molecule has 1 aliphatic carbocycles. The van der Waals surface area contributed by atoms with E-state index in [1.54, 1.807) is 12.3 Å². The van der Waals surface area contributed by atoms with Gasteiger partial charge in [0.25, 0.3) is 5.91 Å². The number of ether oxygens (including phenoxy) is 2. The number of benzene rings is 1. The fraction of sp³-hybridized carbons (Fsp3) is 0.318. The molecule has 148 valence electrons. The van der Waals surface area contributed by atoms with Crippen molar-refractivity contribution in [3.63, 3.8) is 0 Å². The summed E-state index contributed by atoms with van der Waals surface area (Å²) in [5.74, 6) is 1.65. The van der Waals surface area contributed by atoms with E-state index in [9.17, 15) is 4.79 Å². The zero-order valence-electron chi connectivity index (χ0n) is 16.0. The molecule has 0 spiro atoms. The average molecular weight is 390 g/mol. The van der Waals surface area contributed by atoms with Crippen LogP contribution in [0.4, 0.5) is 0 Å². The van der Waals surface area contributed by atoms with Gasteiger partial charge in [0.2, 0.25) is 6.10 Å². The summed E-state index contributed by atoms with van der Waals surface area (Å²) in [4.78, 5) is 16.9. The van der Waals surface area contributed by atoms with E-state index in [4.69, 9.17) is 14.6 Å². The van der Waals surface area contributed by atoms with Crippen LogP contribution in [0.1, 0.15) is 24.5 Å². The van der Waals surface area contributed by atoms with Gasteiger partial charge in [-0.3, -0.25) is 14.5 Å². The molecule has 0 radical (unpaired) electrons. The lowest BCUT2D eigenvalue weighted by Gasteiger charge is -2.25. The van der Waals surface area contributed by atoms with Crippen molar-refractivity contribution in [2.75, 3.05) is 13.2 Å². The molecule has 1 unspecified atom stereocenters. The second kappa shape index (κ2) is 7.58. The molecule has 1 saturated carbocycles. The number of hydrogen-bond acceptors (Lipinski definition) is 5. The standard InChI is InChI=1S/C22H22N4O3/c27-22(21-14-28-19-6-1-2-7-20(19)29-21)24-11-12-26-18(15-8-9-15)13-17(25-26)16-5-3-4-10-23-16/h1-7,10,13,15,21H,8-9,11-12,14H2,(H,24,27). The Hall–Kier alpha value is -3.35. The molecule has 29 heavy (non-hydrogen) atoms. The van der Waals surface area contributed by atoms with E-state index < -0.39 is 6.10 Å². The van der Waals surface area contributed by atoms with Crippen molar-refractivity contribution in [2.45, 2.75) is 31.4 Å². The summed E-state index contributed by atoms with van der Waals surface area (Å²) in [5, 5.41) is 7.67. The highest BCUT2D eigenvalue weighted by molar-refractivity contribution is 5.81. The van der Waals surface area contributed by atoms with Crippen molar-refractivity contribution in [2.24, 2.45) is 0 Å². The second-order valence-electron chi connectivity index (χ2n) is 7.32. The molecular formula is C22H22N4O3. The molecule has 0 saturated heterocycles. The first-order valence-corrected chi connectivity index (χ1v) is 9.93. The summed E-state index contributed by atoms with van der Waals surface area (Å²) in [6, 6.07) is 15.3. The lowest BCUT2D eigenvalue weighted by Crippen LogP contribution is -2.44. The van der Waals surface area contributed by atoms with Crippen molar-refractivity contribution < 1.29 is 14.3 Å². The molecule has 1 aliphatic heterocycles. The van der Waals surface area contributed by atoms with Crippen LogP contribution in [-0.4, -0.2) is 39.9 Å². The van der Waals surface area contributed by atoms with E-state index in [1.807, 2.05) is 41.1 Å². The summed E-state index contributed by atoms with van der Waals surface area (Å²) < 4.78 is 13.4. The van der Waals surface area contributed by atoms with E-state index in [-0.39, 0.29) is 12.5 Å². The van der Waals surface area contributed by atoms with Crippen LogP contribution in [0.2, 0.25) is 0 Å². The van der Waals surface area contributed by atoms with Gasteiger partial charge >= 0.3 is 0 Å². The van der Waals surface area contributed by atoms with Crippen LogP contribution < -0.4 is 14.8 Å². The van der Waals surface area contributed by atoms with Crippen molar-refractivity contribution in [1.82, 2.24) is 20.1 Å². The summed E-state index contributed by atoms with van der Waals surface area (Å²) in [5.41, 5.74) is 2.95. The van der Waals surface area contributed by atoms with Gasteiger partial charge in [-0.25, -0.2) is 0 Å². The maximum atomic E-state index is 12.5. The zero-order chi connectivity index (χ0) is 19.6. The average Bonchev–Trinajstić information content (AvgIpc) is 3.53. The molecule has 2 aromatic heterocycles. The van der Waals surface area contributed by atoms with Crippen molar-refractivity contribution in [1.29, 1.82) is 0 Å². The monoisotopic (exact) mass is 390 g/mol. The maximum Gasteiger partial charge on any atom is 0.264 e. The number of rotatable bonds is 6. The smallest absolute Gasteiger partial charge is 0.264 e. The highest BCUT2D eigenvalue weighted by atomic mass is 16.6. The van der Waals surface area contributed by atoms with Gasteiger partial charge in [-0.15, -0.1) is 0 Å². The van der Waals surface area contributed by atoms with Crippen LogP contribution in [-0.2, 0) is 11.3 Å². The van der Waals surface area contributed by atoms with E-state index in [2.05, 4.69) is 16.4 Å². The predicted molar refractivity (Wildman–Crippen MR) is 107 cm³/mol. The van der Waals surface area contributed by atoms with E-state index in [1.165, 1.54) is 18.5 Å². The second-order valence-corrected chi connectivity index (χ2v) is 7.32. The summed E-state index contributed by atoms with van der Waals surface area (Å²) in [6.45, 7) is 1.29. The summed E-state index contributed by atoms with van der Waals surface area (Å²) in [7, 11) is 0. The predicted octanol–water partition coefficient (Wildman–Crippen LogP) is 2.78. The minimum atomic E-state index is -0.644. The largest absolute Gasteiger partial charge is 0.485 e. The molecule has 1 N–H and O–H groups in total. The van der Waals surface area contributed by atoms with Crippen LogP contribution in [0.5, 0.6) is 11.5 Å². The molecule has 7 heteroatoms. The zero-order valence-corrected chi connectivity index (χ0v) is 16.0. The quantitative estimate of drug-likeness (QED) is 0.700. The van der Waals surface area contributed by atoms with Gasteiger partial charge in [0.05, 0.1) is 12.2 Å². The molecular weight excluding hydrogens is 368 g/mol. The highest BCUT2D eigenvalue weighted by Crippen LogP contribution is 2.41. The maximum absolute atomic E-state index is 12.5. The molecule has 0 bridgehead atoms. The Morgan fingerprint density at radius 3 is 2.72 bits per heavy atom. The summed E-state index contributed by atoms with van der Waals surface area (Å²) in [6.07, 6.45) is 3.50. The number of pyridine rings is 1. The summed E-state index contributed by atoms with van der Waals surface area (Å²) >= 11 is 0. The Morgan fingerprint density at radius 1 is 1.10 bits per heavy atom. The van der Waals surface area contributed by atoms with Gasteiger partial charge in [-0.1, -0.05) is 18.2 Å². The Bertz CT molecular complexity index is 1010. The molecule has 3 aromatic rings. The number of para-hydroxylation sites is 2. The van der Waals surface area contributed by atoms with E-state index >= 15 is 0 Å². The minimum absolute atomic E-state index is 0.176. The third-order valence-electron chi connectivity index (χ3n) is 5.16. The lowest BCUT2D eigenvalue weighted by molar-refractivity contribution is -0.130. The van der Waals surface area contributed by atoms with Gasteiger partial charge in [0.15, 0.2) is 11.5 Å². The number of aromatic nitrogens is 3. The first-order chi connectivity index (χ1) is 14.3. The fourth-order valence-electron chi connectivity index (χ4n) is 3.51. The number of amides is 1. The van der Waals surface area contributed by atoms with Crippen molar-refractivity contribution in [3.05, 3.63) is 60.4 Å². The third-order valence-corrected chi connectivity index (χ3v) is 5.16. The molecule has 1 aromatic carbocycles. The van der Waals surface area contributed by atoms with Crippen LogP contribution in [0.15, 0.2) is 54.7 Å². The number of hydrogen-bond donors (Lipinski definition) is 1. The normalized spacial score (nSPS) is 17.7. The number of fused-ring (bicyclic) bond motifs is 1. The van der Waals surface area contributed by atoms with Crippen LogP contribution in [0.25, 0.3) is 11.4 Å². The van der Waals surface area contributed by atoms with Crippen molar-refractivity contribution >= 4 is 5.91 Å². The van der Waals surface area contributed by atoms with Gasteiger partial charge in [0.1, 0.15) is 12.3 Å². The fourth-order valence-corrected chi connectivity index (χ4v) is 3.51. The Kier molecular flexibility index (Phi) is 4.63. The number of nitrogens with zero attached hydrogens (tertiary/aromatic N) is 3. The Morgan fingerprint density at radius 2 is 1.93 bits per heavy atom. The number of carbonyl (C=O) groups excluding carboxylic acids is 1. The molecule has 2 aliphatic rings. The molecule has 7 nitrogen and oxygen atoms in total. The van der Waals surface area contributed by atoms with Crippen LogP contribution in [0, 0.1) is 0 Å². The third kappa shape index (κ3) is 3.81. The lowest BCUT2D eigenvalue weighted by atomic mass is 10.2. The van der Waals surface area contributed by atoms with Crippen LogP contribution in [0.3, 0.4) is 0 Å². The number of carbonyl (C=O) groups is 1. The number of nitrogens with one attached hydrogen (secondary N) is 1. The topological polar surface area (TPSA) is 78.3 Å². The molecule has 1 fully saturated rings. The highest BCUT2D eigenvalue weighted by Gasteiger charge is 2.29. The SMILES string of the molecule is O=C(NCCn1nc(-c2ccccn2)cc1C1CC1)C1COc2ccccc2O1. The Balaban J connectivity index is 1.22. The van der Waals surface area contributed by atoms with Gasteiger partial charge in [-0.05, 0) is 43.2 Å². The van der Waals surface area contributed by atoms with E-state index in [0.717, 1.165) is 11.4 Å².